The maximum atomic E-state index is 12.8. The summed E-state index contributed by atoms with van der Waals surface area (Å²) in [7, 11) is -8.30. The highest BCUT2D eigenvalue weighted by Gasteiger charge is 2.47. The van der Waals surface area contributed by atoms with Crippen LogP contribution >= 0.6 is 0 Å². The lowest BCUT2D eigenvalue weighted by molar-refractivity contribution is -0.0436. The number of hydrogen-bond donors (Lipinski definition) is 2. The summed E-state index contributed by atoms with van der Waals surface area (Å²) >= 11 is 0. The second kappa shape index (κ2) is 8.71. The maximum absolute atomic E-state index is 12.8. The molecular weight excluding hydrogens is 473 g/mol. The van der Waals surface area contributed by atoms with Crippen LogP contribution in [0, 0.1) is 0 Å². The van der Waals surface area contributed by atoms with Crippen LogP contribution in [0.25, 0.3) is 0 Å². The van der Waals surface area contributed by atoms with Gasteiger partial charge in [0, 0.05) is 11.1 Å². The molecule has 8 nitrogen and oxygen atoms in total. The highest BCUT2D eigenvalue weighted by Crippen LogP contribution is 2.34. The van der Waals surface area contributed by atoms with Crippen molar-refractivity contribution in [1.82, 2.24) is 4.72 Å². The largest absolute Gasteiger partial charge is 0.501 e. The summed E-state index contributed by atoms with van der Waals surface area (Å²) in [5, 5.41) is 2.28. The number of alkyl halides is 3. The molecule has 0 spiro atoms. The van der Waals surface area contributed by atoms with Crippen LogP contribution in [0.4, 0.5) is 18.9 Å². The first-order valence-electron chi connectivity index (χ1n) is 8.93. The fourth-order valence-electron chi connectivity index (χ4n) is 2.53. The van der Waals surface area contributed by atoms with E-state index in [1.54, 1.807) is 20.8 Å². The first kappa shape index (κ1) is 25.6. The van der Waals surface area contributed by atoms with Gasteiger partial charge >= 0.3 is 5.51 Å². The summed E-state index contributed by atoms with van der Waals surface area (Å²) in [6.45, 7) is 4.98. The highest BCUT2D eigenvalue weighted by molar-refractivity contribution is 7.92. The molecule has 2 N–H and O–H groups in total. The molecule has 0 bridgehead atoms. The third kappa shape index (κ3) is 5.78. The molecule has 0 aliphatic rings. The Balaban J connectivity index is 2.34. The highest BCUT2D eigenvalue weighted by atomic mass is 32.2. The van der Waals surface area contributed by atoms with Gasteiger partial charge in [-0.25, -0.2) is 21.6 Å². The van der Waals surface area contributed by atoms with Crippen LogP contribution in [-0.4, -0.2) is 40.9 Å². The Kier molecular flexibility index (Phi) is 6.98. The van der Waals surface area contributed by atoms with Crippen molar-refractivity contribution in [2.24, 2.45) is 0 Å². The van der Waals surface area contributed by atoms with Crippen molar-refractivity contribution in [3.63, 3.8) is 0 Å². The predicted molar refractivity (Wildman–Crippen MR) is 111 cm³/mol. The fourth-order valence-corrected chi connectivity index (χ4v) is 4.73. The third-order valence-corrected chi connectivity index (χ3v) is 7.16. The number of carbonyl (C=O) groups excluding carboxylic acids is 1. The molecule has 0 saturated carbocycles. The summed E-state index contributed by atoms with van der Waals surface area (Å²) in [6, 6.07) is 7.09. The second-order valence-electron chi connectivity index (χ2n) is 7.65. The number of amides is 1. The molecule has 0 aromatic heterocycles. The Labute approximate surface area is 183 Å². The summed E-state index contributed by atoms with van der Waals surface area (Å²) in [6.07, 6.45) is 0. The Morgan fingerprint density at radius 3 is 1.91 bits per heavy atom. The van der Waals surface area contributed by atoms with Crippen LogP contribution in [0.15, 0.2) is 52.3 Å². The van der Waals surface area contributed by atoms with E-state index in [0.29, 0.717) is 12.1 Å². The molecule has 2 rings (SSSR count). The van der Waals surface area contributed by atoms with Crippen LogP contribution in [0.5, 0.6) is 5.75 Å². The van der Waals surface area contributed by atoms with E-state index >= 15 is 0 Å². The Morgan fingerprint density at radius 2 is 1.44 bits per heavy atom. The van der Waals surface area contributed by atoms with E-state index in [1.807, 2.05) is 0 Å². The molecule has 1 amide bonds. The summed E-state index contributed by atoms with van der Waals surface area (Å²) in [5.41, 5.74) is -6.59. The van der Waals surface area contributed by atoms with Crippen LogP contribution in [0.3, 0.4) is 0 Å². The van der Waals surface area contributed by atoms with E-state index in [0.717, 1.165) is 6.07 Å². The van der Waals surface area contributed by atoms with E-state index in [9.17, 15) is 34.8 Å². The number of ether oxygens (including phenoxy) is 1. The van der Waals surface area contributed by atoms with Gasteiger partial charge in [0.2, 0.25) is 10.0 Å². The lowest BCUT2D eigenvalue weighted by atomic mass is 10.1. The zero-order valence-corrected chi connectivity index (χ0v) is 19.1. The van der Waals surface area contributed by atoms with Gasteiger partial charge in [-0.05, 0) is 63.2 Å². The molecule has 0 aliphatic heterocycles. The topological polar surface area (TPSA) is 119 Å². The predicted octanol–water partition coefficient (Wildman–Crippen LogP) is 3.32. The lowest BCUT2D eigenvalue weighted by Crippen LogP contribution is -2.40. The van der Waals surface area contributed by atoms with Crippen LogP contribution in [0.1, 0.15) is 31.1 Å². The van der Waals surface area contributed by atoms with E-state index in [2.05, 4.69) is 10.0 Å². The zero-order valence-electron chi connectivity index (χ0n) is 17.4. The average molecular weight is 495 g/mol. The summed E-state index contributed by atoms with van der Waals surface area (Å²) in [5.74, 6) is -0.898. The smallest absolute Gasteiger partial charge is 0.495 e. The normalized spacial score (nSPS) is 13.0. The number of anilines is 1. The molecule has 13 heteroatoms. The van der Waals surface area contributed by atoms with Gasteiger partial charge in [0.25, 0.3) is 15.7 Å². The van der Waals surface area contributed by atoms with Crippen molar-refractivity contribution >= 4 is 31.5 Å². The molecule has 0 radical (unpaired) electrons. The molecule has 0 saturated heterocycles. The van der Waals surface area contributed by atoms with E-state index in [-0.39, 0.29) is 21.9 Å². The Hall–Kier alpha value is -2.64. The molecule has 2 aromatic rings. The maximum Gasteiger partial charge on any atom is 0.501 e. The molecule has 176 valence electrons. The van der Waals surface area contributed by atoms with Gasteiger partial charge in [-0.3, -0.25) is 4.79 Å². The Bertz CT molecular complexity index is 1220. The van der Waals surface area contributed by atoms with Crippen molar-refractivity contribution in [2.75, 3.05) is 12.4 Å². The monoisotopic (exact) mass is 494 g/mol. The van der Waals surface area contributed by atoms with Crippen molar-refractivity contribution in [3.8, 4) is 5.75 Å². The molecule has 0 unspecified atom stereocenters. The minimum Gasteiger partial charge on any atom is -0.495 e. The number of sulfone groups is 1. The Morgan fingerprint density at radius 1 is 0.906 bits per heavy atom. The minimum atomic E-state index is -5.64. The quantitative estimate of drug-likeness (QED) is 0.636. The van der Waals surface area contributed by atoms with Gasteiger partial charge in [-0.2, -0.15) is 13.2 Å². The van der Waals surface area contributed by atoms with Gasteiger partial charge in [0.15, 0.2) is 0 Å². The SMILES string of the molecule is COc1ccc(S(=O)(=O)C(F)(F)F)cc1NC(=O)c1ccc(S(=O)(=O)NC(C)(C)C)cc1. The van der Waals surface area contributed by atoms with Crippen molar-refractivity contribution in [2.45, 2.75) is 41.6 Å². The van der Waals surface area contributed by atoms with Crippen molar-refractivity contribution in [3.05, 3.63) is 48.0 Å². The van der Waals surface area contributed by atoms with Gasteiger partial charge in [-0.15, -0.1) is 0 Å². The van der Waals surface area contributed by atoms with Crippen molar-refractivity contribution in [1.29, 1.82) is 0 Å². The zero-order chi connectivity index (χ0) is 24.5. The van der Waals surface area contributed by atoms with Crippen LogP contribution in [-0.2, 0) is 19.9 Å². The van der Waals surface area contributed by atoms with Gasteiger partial charge in [-0.1, -0.05) is 0 Å². The summed E-state index contributed by atoms with van der Waals surface area (Å²) < 4.78 is 93.9. The second-order valence-corrected chi connectivity index (χ2v) is 11.3. The van der Waals surface area contributed by atoms with E-state index in [4.69, 9.17) is 4.74 Å². The number of methoxy groups -OCH3 is 1. The number of hydrogen-bond acceptors (Lipinski definition) is 6. The molecule has 32 heavy (non-hydrogen) atoms. The first-order valence-corrected chi connectivity index (χ1v) is 11.9. The lowest BCUT2D eigenvalue weighted by Gasteiger charge is -2.20. The number of benzene rings is 2. The molecule has 0 atom stereocenters. The number of halogens is 3. The number of nitrogens with one attached hydrogen (secondary N) is 2. The minimum absolute atomic E-state index is 0.0224. The van der Waals surface area contributed by atoms with Gasteiger partial charge in [0.05, 0.1) is 22.6 Å². The first-order chi connectivity index (χ1) is 14.5. The standard InChI is InChI=1S/C19H21F3N2O6S2/c1-18(2,3)24-32(28,29)13-7-5-12(6-8-13)17(25)23-15-11-14(9-10-16(15)30-4)31(26,27)19(20,21)22/h5-11,24H,1-4H3,(H,23,25). The number of rotatable bonds is 6. The van der Waals surface area contributed by atoms with Gasteiger partial charge < -0.3 is 10.1 Å². The molecular formula is C19H21F3N2O6S2. The van der Waals surface area contributed by atoms with E-state index < -0.39 is 41.7 Å². The number of sulfonamides is 1. The number of carbonyl (C=O) groups is 1. The molecule has 2 aromatic carbocycles. The fraction of sp³-hybridized carbons (Fsp3) is 0.316. The van der Waals surface area contributed by atoms with E-state index in [1.165, 1.54) is 31.4 Å². The summed E-state index contributed by atoms with van der Waals surface area (Å²) in [4.78, 5) is 11.4. The molecule has 0 aliphatic carbocycles. The molecule has 0 heterocycles. The van der Waals surface area contributed by atoms with Crippen LogP contribution < -0.4 is 14.8 Å². The van der Waals surface area contributed by atoms with Crippen LogP contribution in [0.2, 0.25) is 0 Å². The van der Waals surface area contributed by atoms with Gasteiger partial charge in [0.1, 0.15) is 5.75 Å². The third-order valence-electron chi connectivity index (χ3n) is 3.90. The van der Waals surface area contributed by atoms with Crippen molar-refractivity contribution < 1.29 is 39.5 Å². The average Bonchev–Trinajstić information content (AvgIpc) is 2.65. The molecule has 0 fully saturated rings.